The van der Waals surface area contributed by atoms with Gasteiger partial charge in [-0.25, -0.2) is 0 Å². The zero-order chi connectivity index (χ0) is 15.6. The lowest BCUT2D eigenvalue weighted by Gasteiger charge is -2.05. The second-order valence-corrected chi connectivity index (χ2v) is 6.59. The van der Waals surface area contributed by atoms with E-state index in [1.165, 1.54) is 42.2 Å². The fourth-order valence-corrected chi connectivity index (χ4v) is 3.39. The van der Waals surface area contributed by atoms with Gasteiger partial charge in [-0.3, -0.25) is 14.9 Å². The van der Waals surface area contributed by atoms with E-state index >= 15 is 0 Å². The molecule has 0 bridgehead atoms. The van der Waals surface area contributed by atoms with Crippen molar-refractivity contribution in [1.29, 1.82) is 0 Å². The van der Waals surface area contributed by atoms with Crippen LogP contribution in [0.25, 0.3) is 0 Å². The van der Waals surface area contributed by atoms with E-state index in [0.717, 1.165) is 5.13 Å². The molecule has 110 valence electrons. The molecule has 0 amide bonds. The predicted molar refractivity (Wildman–Crippen MR) is 81.5 cm³/mol. The third-order valence-electron chi connectivity index (χ3n) is 2.53. The number of hydrogen-bond acceptors (Lipinski definition) is 8. The molecule has 0 N–H and O–H groups in total. The van der Waals surface area contributed by atoms with E-state index < -0.39 is 4.92 Å². The molecule has 1 heterocycles. The summed E-state index contributed by atoms with van der Waals surface area (Å²) in [5.74, 6) is -0.224. The Kier molecular flexibility index (Phi) is 4.53. The number of Topliss-reactive ketones (excluding diaryl/α,β-unsaturated/α-hetero) is 1. The average Bonchev–Trinajstić information content (AvgIpc) is 2.87. The molecule has 0 saturated heterocycles. The van der Waals surface area contributed by atoms with E-state index in [1.807, 2.05) is 19.0 Å². The molecule has 0 unspecified atom stereocenters. The van der Waals surface area contributed by atoms with Crippen LogP contribution < -0.4 is 4.90 Å². The zero-order valence-electron chi connectivity index (χ0n) is 11.6. The maximum Gasteiger partial charge on any atom is 0.270 e. The SMILES string of the molecule is CC(=O)c1cc([N+](=O)[O-])ccc1Sc1nnc(N(C)C)s1. The highest BCUT2D eigenvalue weighted by atomic mass is 32.2. The van der Waals surface area contributed by atoms with Crippen LogP contribution in [0.4, 0.5) is 10.8 Å². The summed E-state index contributed by atoms with van der Waals surface area (Å²) in [6, 6.07) is 4.23. The van der Waals surface area contributed by atoms with Crippen LogP contribution in [0, 0.1) is 10.1 Å². The van der Waals surface area contributed by atoms with Crippen LogP contribution in [0.5, 0.6) is 0 Å². The number of ketones is 1. The lowest BCUT2D eigenvalue weighted by Crippen LogP contribution is -2.07. The molecular formula is C12H12N4O3S2. The van der Waals surface area contributed by atoms with Crippen LogP contribution in [-0.4, -0.2) is 35.0 Å². The number of rotatable bonds is 5. The first-order valence-corrected chi connectivity index (χ1v) is 7.50. The Bertz CT molecular complexity index is 700. The summed E-state index contributed by atoms with van der Waals surface area (Å²) in [5.41, 5.74) is 0.214. The average molecular weight is 324 g/mol. The van der Waals surface area contributed by atoms with Crippen LogP contribution >= 0.6 is 23.1 Å². The molecule has 2 aromatic rings. The number of carbonyl (C=O) groups excluding carboxylic acids is 1. The van der Waals surface area contributed by atoms with E-state index in [-0.39, 0.29) is 11.5 Å². The van der Waals surface area contributed by atoms with Crippen LogP contribution in [0.1, 0.15) is 17.3 Å². The van der Waals surface area contributed by atoms with Crippen molar-refractivity contribution in [2.75, 3.05) is 19.0 Å². The number of nitrogens with zero attached hydrogens (tertiary/aromatic N) is 4. The second-order valence-electron chi connectivity index (χ2n) is 4.34. The van der Waals surface area contributed by atoms with Crippen molar-refractivity contribution in [3.05, 3.63) is 33.9 Å². The summed E-state index contributed by atoms with van der Waals surface area (Å²) in [5, 5.41) is 19.6. The monoisotopic (exact) mass is 324 g/mol. The number of nitro benzene ring substituents is 1. The first-order chi connectivity index (χ1) is 9.88. The van der Waals surface area contributed by atoms with E-state index in [9.17, 15) is 14.9 Å². The third kappa shape index (κ3) is 3.56. The van der Waals surface area contributed by atoms with Crippen molar-refractivity contribution >= 4 is 39.7 Å². The quantitative estimate of drug-likeness (QED) is 0.474. The molecule has 7 nitrogen and oxygen atoms in total. The largest absolute Gasteiger partial charge is 0.353 e. The molecule has 0 atom stereocenters. The van der Waals surface area contributed by atoms with Crippen molar-refractivity contribution in [1.82, 2.24) is 10.2 Å². The predicted octanol–water partition coefficient (Wildman–Crippen LogP) is 2.87. The minimum atomic E-state index is -0.518. The van der Waals surface area contributed by atoms with Crippen molar-refractivity contribution < 1.29 is 9.72 Å². The van der Waals surface area contributed by atoms with E-state index in [4.69, 9.17) is 0 Å². The molecule has 2 rings (SSSR count). The smallest absolute Gasteiger partial charge is 0.270 e. The van der Waals surface area contributed by atoms with Gasteiger partial charge in [0.2, 0.25) is 5.13 Å². The molecule has 0 aliphatic heterocycles. The van der Waals surface area contributed by atoms with Gasteiger partial charge in [-0.1, -0.05) is 23.1 Å². The van der Waals surface area contributed by atoms with Gasteiger partial charge in [0.15, 0.2) is 10.1 Å². The Morgan fingerprint density at radius 2 is 2.10 bits per heavy atom. The lowest BCUT2D eigenvalue weighted by atomic mass is 10.1. The fraction of sp³-hybridized carbons (Fsp3) is 0.250. The normalized spacial score (nSPS) is 10.4. The van der Waals surface area contributed by atoms with Crippen LogP contribution in [0.3, 0.4) is 0 Å². The van der Waals surface area contributed by atoms with Crippen molar-refractivity contribution in [2.24, 2.45) is 0 Å². The Morgan fingerprint density at radius 1 is 1.38 bits per heavy atom. The van der Waals surface area contributed by atoms with Gasteiger partial charge in [0.25, 0.3) is 5.69 Å². The number of aromatic nitrogens is 2. The van der Waals surface area contributed by atoms with Gasteiger partial charge in [0.1, 0.15) is 0 Å². The molecule has 1 aromatic carbocycles. The number of nitro groups is 1. The van der Waals surface area contributed by atoms with Gasteiger partial charge < -0.3 is 4.90 Å². The third-order valence-corrected chi connectivity index (χ3v) is 4.75. The summed E-state index contributed by atoms with van der Waals surface area (Å²) in [4.78, 5) is 24.4. The number of non-ortho nitro benzene ring substituents is 1. The lowest BCUT2D eigenvalue weighted by molar-refractivity contribution is -0.384. The Hall–Kier alpha value is -2.00. The van der Waals surface area contributed by atoms with Crippen molar-refractivity contribution in [3.63, 3.8) is 0 Å². The van der Waals surface area contributed by atoms with Gasteiger partial charge in [0, 0.05) is 36.7 Å². The maximum atomic E-state index is 11.7. The minimum Gasteiger partial charge on any atom is -0.353 e. The Balaban J connectivity index is 2.34. The Morgan fingerprint density at radius 3 is 2.62 bits per heavy atom. The van der Waals surface area contributed by atoms with E-state index in [2.05, 4.69) is 10.2 Å². The molecular weight excluding hydrogens is 312 g/mol. The second kappa shape index (κ2) is 6.19. The van der Waals surface area contributed by atoms with E-state index in [0.29, 0.717) is 14.8 Å². The van der Waals surface area contributed by atoms with Gasteiger partial charge in [-0.2, -0.15) is 0 Å². The summed E-state index contributed by atoms with van der Waals surface area (Å²) in [7, 11) is 3.73. The number of hydrogen-bond donors (Lipinski definition) is 0. The molecule has 0 saturated carbocycles. The first-order valence-electron chi connectivity index (χ1n) is 5.86. The summed E-state index contributed by atoms with van der Waals surface area (Å²) in [6.07, 6.45) is 0. The number of benzene rings is 1. The highest BCUT2D eigenvalue weighted by Gasteiger charge is 2.16. The molecule has 0 fully saturated rings. The first kappa shape index (κ1) is 15.4. The molecule has 0 radical (unpaired) electrons. The standard InChI is InChI=1S/C12H12N4O3S2/c1-7(17)9-6-8(16(18)19)4-5-10(9)20-12-14-13-11(21-12)15(2)3/h4-6H,1-3H3. The zero-order valence-corrected chi connectivity index (χ0v) is 13.2. The van der Waals surface area contributed by atoms with E-state index in [1.54, 1.807) is 6.07 Å². The molecule has 21 heavy (non-hydrogen) atoms. The Labute approximate surface area is 129 Å². The summed E-state index contributed by atoms with van der Waals surface area (Å²) < 4.78 is 0.676. The number of anilines is 1. The summed E-state index contributed by atoms with van der Waals surface area (Å²) >= 11 is 2.66. The highest BCUT2D eigenvalue weighted by Crippen LogP contribution is 2.36. The fourth-order valence-electron chi connectivity index (χ4n) is 1.51. The van der Waals surface area contributed by atoms with Gasteiger partial charge in [-0.05, 0) is 13.0 Å². The molecule has 1 aromatic heterocycles. The molecule has 0 aliphatic rings. The number of carbonyl (C=O) groups is 1. The van der Waals surface area contributed by atoms with Crippen LogP contribution in [0.15, 0.2) is 27.4 Å². The highest BCUT2D eigenvalue weighted by molar-refractivity contribution is 8.01. The van der Waals surface area contributed by atoms with Crippen LogP contribution in [-0.2, 0) is 0 Å². The topological polar surface area (TPSA) is 89.2 Å². The van der Waals surface area contributed by atoms with Gasteiger partial charge in [0.05, 0.1) is 4.92 Å². The molecule has 0 aliphatic carbocycles. The molecule has 9 heteroatoms. The maximum absolute atomic E-state index is 11.7. The summed E-state index contributed by atoms with van der Waals surface area (Å²) in [6.45, 7) is 1.38. The van der Waals surface area contributed by atoms with Crippen molar-refractivity contribution in [3.8, 4) is 0 Å². The van der Waals surface area contributed by atoms with Crippen LogP contribution in [0.2, 0.25) is 0 Å². The van der Waals surface area contributed by atoms with Gasteiger partial charge in [-0.15, -0.1) is 10.2 Å². The van der Waals surface area contributed by atoms with Gasteiger partial charge >= 0.3 is 0 Å². The molecule has 0 spiro atoms. The minimum absolute atomic E-state index is 0.101. The van der Waals surface area contributed by atoms with Crippen molar-refractivity contribution in [2.45, 2.75) is 16.2 Å².